The fraction of sp³-hybridized carbons (Fsp3) is 0.263. The third-order valence-corrected chi connectivity index (χ3v) is 5.18. The number of carbonyl (C=O) groups excluding carboxylic acids is 1. The van der Waals surface area contributed by atoms with Crippen molar-refractivity contribution in [1.82, 2.24) is 25.1 Å². The topological polar surface area (TPSA) is 72.7 Å². The van der Waals surface area contributed by atoms with Gasteiger partial charge in [0.1, 0.15) is 5.82 Å². The molecule has 1 atom stereocenters. The number of carbonyl (C=O) groups is 1. The fourth-order valence-electron chi connectivity index (χ4n) is 2.51. The first-order valence-corrected chi connectivity index (χ1v) is 9.41. The Bertz CT molecular complexity index is 898. The third-order valence-electron chi connectivity index (χ3n) is 4.05. The number of hydrogen-bond donors (Lipinski definition) is 1. The largest absolute Gasteiger partial charge is 0.355 e. The molecular weight excluding hydrogens is 365 g/mol. The summed E-state index contributed by atoms with van der Waals surface area (Å²) in [6.45, 7) is 2.33. The van der Waals surface area contributed by atoms with E-state index in [0.717, 1.165) is 17.0 Å². The van der Waals surface area contributed by atoms with Crippen molar-refractivity contribution in [3.05, 3.63) is 60.2 Å². The Hall–Kier alpha value is -2.74. The van der Waals surface area contributed by atoms with Gasteiger partial charge >= 0.3 is 0 Å². The first-order chi connectivity index (χ1) is 13.0. The number of hydrogen-bond acceptors (Lipinski definition) is 5. The molecule has 0 saturated heterocycles. The molecule has 0 bridgehead atoms. The van der Waals surface area contributed by atoms with Gasteiger partial charge in [-0.2, -0.15) is 0 Å². The molecule has 2 aromatic heterocycles. The smallest absolute Gasteiger partial charge is 0.233 e. The average Bonchev–Trinajstić information content (AvgIpc) is 3.04. The highest BCUT2D eigenvalue weighted by molar-refractivity contribution is 8.00. The number of nitrogens with zero attached hydrogens (tertiary/aromatic N) is 4. The van der Waals surface area contributed by atoms with Gasteiger partial charge in [0, 0.05) is 31.5 Å². The minimum absolute atomic E-state index is 0.0735. The Balaban J connectivity index is 1.54. The van der Waals surface area contributed by atoms with E-state index in [1.807, 2.05) is 30.7 Å². The van der Waals surface area contributed by atoms with Gasteiger partial charge in [-0.25, -0.2) is 4.39 Å². The van der Waals surface area contributed by atoms with Crippen LogP contribution in [0.5, 0.6) is 0 Å². The van der Waals surface area contributed by atoms with Crippen molar-refractivity contribution in [3.8, 4) is 11.4 Å². The van der Waals surface area contributed by atoms with Crippen molar-refractivity contribution in [2.75, 3.05) is 6.54 Å². The van der Waals surface area contributed by atoms with Gasteiger partial charge in [-0.1, -0.05) is 23.9 Å². The zero-order valence-corrected chi connectivity index (χ0v) is 15.9. The number of thioether (sulfide) groups is 1. The Kier molecular flexibility index (Phi) is 6.18. The van der Waals surface area contributed by atoms with Crippen LogP contribution in [0.15, 0.2) is 53.9 Å². The molecule has 27 heavy (non-hydrogen) atoms. The number of benzene rings is 1. The van der Waals surface area contributed by atoms with Crippen LogP contribution in [0, 0.1) is 5.82 Å². The molecule has 2 heterocycles. The number of amides is 1. The summed E-state index contributed by atoms with van der Waals surface area (Å²) in [6, 6.07) is 10.0. The molecule has 0 saturated carbocycles. The Labute approximate surface area is 161 Å². The van der Waals surface area contributed by atoms with E-state index in [-0.39, 0.29) is 17.0 Å². The second-order valence-corrected chi connectivity index (χ2v) is 7.34. The second-order valence-electron chi connectivity index (χ2n) is 6.03. The number of nitrogens with one attached hydrogen (secondary N) is 1. The predicted molar refractivity (Wildman–Crippen MR) is 103 cm³/mol. The minimum atomic E-state index is -0.314. The van der Waals surface area contributed by atoms with Gasteiger partial charge in [0.15, 0.2) is 11.0 Å². The van der Waals surface area contributed by atoms with E-state index in [1.54, 1.807) is 24.5 Å². The van der Waals surface area contributed by atoms with Crippen molar-refractivity contribution in [1.29, 1.82) is 0 Å². The summed E-state index contributed by atoms with van der Waals surface area (Å²) in [5, 5.41) is 11.7. The summed E-state index contributed by atoms with van der Waals surface area (Å²) >= 11 is 1.35. The molecular formula is C19H20FN5OS. The van der Waals surface area contributed by atoms with Crippen LogP contribution in [0.4, 0.5) is 4.39 Å². The molecule has 3 aromatic rings. The van der Waals surface area contributed by atoms with Crippen molar-refractivity contribution >= 4 is 17.7 Å². The summed E-state index contributed by atoms with van der Waals surface area (Å²) in [6.07, 6.45) is 4.06. The highest BCUT2D eigenvalue weighted by Gasteiger charge is 2.19. The van der Waals surface area contributed by atoms with Gasteiger partial charge in [0.05, 0.1) is 5.25 Å². The van der Waals surface area contributed by atoms with E-state index < -0.39 is 0 Å². The normalized spacial score (nSPS) is 12.0. The van der Waals surface area contributed by atoms with Gasteiger partial charge in [0.25, 0.3) is 0 Å². The van der Waals surface area contributed by atoms with Crippen molar-refractivity contribution in [2.24, 2.45) is 7.05 Å². The first-order valence-electron chi connectivity index (χ1n) is 8.53. The van der Waals surface area contributed by atoms with Gasteiger partial charge in [-0.05, 0) is 43.2 Å². The van der Waals surface area contributed by atoms with E-state index in [0.29, 0.717) is 18.1 Å². The van der Waals surface area contributed by atoms with Crippen molar-refractivity contribution in [3.63, 3.8) is 0 Å². The van der Waals surface area contributed by atoms with Crippen LogP contribution in [0.1, 0.15) is 12.5 Å². The lowest BCUT2D eigenvalue weighted by molar-refractivity contribution is -0.120. The molecule has 140 valence electrons. The van der Waals surface area contributed by atoms with E-state index in [4.69, 9.17) is 0 Å². The maximum absolute atomic E-state index is 12.9. The highest BCUT2D eigenvalue weighted by atomic mass is 32.2. The summed E-state index contributed by atoms with van der Waals surface area (Å²) < 4.78 is 14.8. The Morgan fingerprint density at radius 3 is 2.59 bits per heavy atom. The molecule has 0 spiro atoms. The molecule has 1 aromatic carbocycles. The summed E-state index contributed by atoms with van der Waals surface area (Å²) in [4.78, 5) is 16.3. The molecule has 8 heteroatoms. The standard InChI is InChI=1S/C19H20FN5OS/c1-13(18(26)22-12-7-14-3-5-16(20)6-4-14)27-19-24-23-17(25(19)2)15-8-10-21-11-9-15/h3-6,8-11,13H,7,12H2,1-2H3,(H,22,26)/t13-/m1/s1. The van der Waals surface area contributed by atoms with E-state index in [9.17, 15) is 9.18 Å². The fourth-order valence-corrected chi connectivity index (χ4v) is 3.35. The molecule has 0 radical (unpaired) electrons. The first kappa shape index (κ1) is 19.0. The van der Waals surface area contributed by atoms with E-state index >= 15 is 0 Å². The van der Waals surface area contributed by atoms with Gasteiger partial charge in [-0.3, -0.25) is 9.78 Å². The maximum Gasteiger partial charge on any atom is 0.233 e. The lowest BCUT2D eigenvalue weighted by Crippen LogP contribution is -2.32. The van der Waals surface area contributed by atoms with Crippen LogP contribution < -0.4 is 5.32 Å². The van der Waals surface area contributed by atoms with Crippen LogP contribution in [0.25, 0.3) is 11.4 Å². The van der Waals surface area contributed by atoms with E-state index in [2.05, 4.69) is 20.5 Å². The highest BCUT2D eigenvalue weighted by Crippen LogP contribution is 2.25. The molecule has 1 amide bonds. The molecule has 0 aliphatic heterocycles. The summed E-state index contributed by atoms with van der Waals surface area (Å²) in [5.74, 6) is 0.391. The van der Waals surface area contributed by atoms with E-state index in [1.165, 1.54) is 23.9 Å². The van der Waals surface area contributed by atoms with Crippen molar-refractivity contribution < 1.29 is 9.18 Å². The molecule has 0 unspecified atom stereocenters. The number of rotatable bonds is 7. The average molecular weight is 385 g/mol. The summed E-state index contributed by atoms with van der Waals surface area (Å²) in [5.41, 5.74) is 1.90. The number of halogens is 1. The van der Waals surface area contributed by atoms with Crippen LogP contribution >= 0.6 is 11.8 Å². The molecule has 3 rings (SSSR count). The number of pyridine rings is 1. The van der Waals surface area contributed by atoms with Crippen molar-refractivity contribution in [2.45, 2.75) is 23.8 Å². The predicted octanol–water partition coefficient (Wildman–Crippen LogP) is 2.86. The Morgan fingerprint density at radius 1 is 1.19 bits per heavy atom. The molecule has 0 fully saturated rings. The monoisotopic (exact) mass is 385 g/mol. The van der Waals surface area contributed by atoms with Crippen LogP contribution in [-0.2, 0) is 18.3 Å². The quantitative estimate of drug-likeness (QED) is 0.633. The van der Waals surface area contributed by atoms with Gasteiger partial charge in [0.2, 0.25) is 5.91 Å². The third kappa shape index (κ3) is 4.91. The number of aromatic nitrogens is 4. The minimum Gasteiger partial charge on any atom is -0.355 e. The molecule has 0 aliphatic carbocycles. The summed E-state index contributed by atoms with van der Waals surface area (Å²) in [7, 11) is 1.87. The Morgan fingerprint density at radius 2 is 1.89 bits per heavy atom. The van der Waals surface area contributed by atoms with Gasteiger partial charge < -0.3 is 9.88 Å². The SMILES string of the molecule is C[C@@H](Sc1nnc(-c2ccncc2)n1C)C(=O)NCCc1ccc(F)cc1. The molecule has 6 nitrogen and oxygen atoms in total. The maximum atomic E-state index is 12.9. The molecule has 0 aliphatic rings. The van der Waals surface area contributed by atoms with Crippen LogP contribution in [-0.4, -0.2) is 37.5 Å². The zero-order valence-electron chi connectivity index (χ0n) is 15.1. The van der Waals surface area contributed by atoms with Gasteiger partial charge in [-0.15, -0.1) is 10.2 Å². The second kappa shape index (κ2) is 8.77. The van der Waals surface area contributed by atoms with Crippen LogP contribution in [0.2, 0.25) is 0 Å². The lowest BCUT2D eigenvalue weighted by atomic mass is 10.1. The zero-order chi connectivity index (χ0) is 19.2. The molecule has 1 N–H and O–H groups in total. The van der Waals surface area contributed by atoms with Crippen LogP contribution in [0.3, 0.4) is 0 Å². The lowest BCUT2D eigenvalue weighted by Gasteiger charge is -2.11.